The summed E-state index contributed by atoms with van der Waals surface area (Å²) in [6, 6.07) is 2.67. The normalized spacial score (nSPS) is 24.4. The van der Waals surface area contributed by atoms with Gasteiger partial charge in [0.1, 0.15) is 11.9 Å². The average Bonchev–Trinajstić information content (AvgIpc) is 3.59. The minimum atomic E-state index is -3.15. The molecule has 3 heterocycles. The molecule has 2 atom stereocenters. The number of alkyl halides is 2. The van der Waals surface area contributed by atoms with Gasteiger partial charge in [-0.25, -0.2) is 27.7 Å². The fourth-order valence-electron chi connectivity index (χ4n) is 5.87. The van der Waals surface area contributed by atoms with E-state index in [2.05, 4.69) is 15.6 Å². The van der Waals surface area contributed by atoms with Gasteiger partial charge in [-0.1, -0.05) is 12.1 Å². The van der Waals surface area contributed by atoms with Crippen LogP contribution >= 0.6 is 11.3 Å². The first kappa shape index (κ1) is 32.4. The fraction of sp³-hybridized carbons (Fsp3) is 0.500. The molecule has 2 aromatic rings. The molecule has 3 N–H and O–H groups in total. The standard InChI is InChI=1S/C30H35F3N6O5S/c1-4-44-28(42)23-22(36-25(26-34-8-9-45-26)37-24(23)20-6-5-7-21(31)16(20)2)14-39-13-18(30(32,33)15-39)12-38(3)29(43)35-19-10-17(11-19)27(40)41/h5-9,17-19,24H,4,10-15H2,1-3H3,(H,35,43)(H,36,37)(H,40,41)/t17?,18-,19?,24+/m1/s1. The minimum absolute atomic E-state index is 0.0591. The number of hydrogen-bond donors (Lipinski definition) is 3. The van der Waals surface area contributed by atoms with Crippen LogP contribution in [0.15, 0.2) is 46.0 Å². The number of carboxylic acid groups (broad SMARTS) is 1. The largest absolute Gasteiger partial charge is 0.481 e. The predicted octanol–water partition coefficient (Wildman–Crippen LogP) is 3.57. The zero-order valence-corrected chi connectivity index (χ0v) is 25.9. The molecule has 0 bridgehead atoms. The number of carboxylic acids is 1. The third kappa shape index (κ3) is 6.98. The van der Waals surface area contributed by atoms with Crippen LogP contribution in [0.2, 0.25) is 0 Å². The number of carbonyl (C=O) groups excluding carboxylic acids is 2. The topological polar surface area (TPSA) is 136 Å². The Morgan fingerprint density at radius 3 is 2.71 bits per heavy atom. The maximum atomic E-state index is 15.4. The van der Waals surface area contributed by atoms with Crippen LogP contribution in [0.5, 0.6) is 0 Å². The lowest BCUT2D eigenvalue weighted by Gasteiger charge is -2.34. The van der Waals surface area contributed by atoms with Crippen LogP contribution in [-0.2, 0) is 14.3 Å². The number of amides is 2. The Balaban J connectivity index is 1.38. The lowest BCUT2D eigenvalue weighted by molar-refractivity contribution is -0.145. The summed E-state index contributed by atoms with van der Waals surface area (Å²) in [5, 5.41) is 17.1. The number of aromatic nitrogens is 1. The summed E-state index contributed by atoms with van der Waals surface area (Å²) in [5.74, 6) is -6.64. The van der Waals surface area contributed by atoms with E-state index in [1.54, 1.807) is 31.5 Å². The van der Waals surface area contributed by atoms with E-state index in [9.17, 15) is 18.8 Å². The van der Waals surface area contributed by atoms with Crippen molar-refractivity contribution in [3.05, 3.63) is 63.0 Å². The molecular weight excluding hydrogens is 613 g/mol. The number of nitrogens with zero attached hydrogens (tertiary/aromatic N) is 4. The fourth-order valence-corrected chi connectivity index (χ4v) is 6.46. The molecule has 1 aromatic carbocycles. The molecule has 2 fully saturated rings. The number of urea groups is 1. The number of esters is 1. The second-order valence-electron chi connectivity index (χ2n) is 11.6. The van der Waals surface area contributed by atoms with Crippen LogP contribution in [0.1, 0.15) is 41.9 Å². The van der Waals surface area contributed by atoms with Crippen molar-refractivity contribution >= 4 is 35.1 Å². The summed E-state index contributed by atoms with van der Waals surface area (Å²) in [5.41, 5.74) is 1.11. The monoisotopic (exact) mass is 648 g/mol. The van der Waals surface area contributed by atoms with Crippen molar-refractivity contribution in [1.82, 2.24) is 25.4 Å². The van der Waals surface area contributed by atoms with Gasteiger partial charge in [0, 0.05) is 50.0 Å². The molecule has 11 nitrogen and oxygen atoms in total. The highest BCUT2D eigenvalue weighted by Gasteiger charge is 2.49. The Hall–Kier alpha value is -3.98. The molecular formula is C30H35F3N6O5S. The lowest BCUT2D eigenvalue weighted by atomic mass is 9.80. The van der Waals surface area contributed by atoms with Gasteiger partial charge in [-0.05, 0) is 43.9 Å². The summed E-state index contributed by atoms with van der Waals surface area (Å²) >= 11 is 1.30. The van der Waals surface area contributed by atoms with E-state index < -0.39 is 54.1 Å². The van der Waals surface area contributed by atoms with E-state index in [4.69, 9.17) is 14.8 Å². The molecule has 1 aliphatic carbocycles. The number of aliphatic carboxylic acids is 1. The van der Waals surface area contributed by atoms with E-state index >= 15 is 8.78 Å². The summed E-state index contributed by atoms with van der Waals surface area (Å²) < 4.78 is 50.8. The zero-order chi connectivity index (χ0) is 32.5. The van der Waals surface area contributed by atoms with E-state index in [1.807, 2.05) is 0 Å². The number of likely N-dealkylation sites (tertiary alicyclic amines) is 1. The summed E-state index contributed by atoms with van der Waals surface area (Å²) in [6.07, 6.45) is 2.19. The molecule has 1 aromatic heterocycles. The van der Waals surface area contributed by atoms with Gasteiger partial charge < -0.3 is 25.4 Å². The molecule has 2 amide bonds. The number of nitrogens with one attached hydrogen (secondary N) is 2. The first-order chi connectivity index (χ1) is 21.4. The van der Waals surface area contributed by atoms with Gasteiger partial charge in [-0.3, -0.25) is 14.7 Å². The summed E-state index contributed by atoms with van der Waals surface area (Å²) in [4.78, 5) is 48.8. The second kappa shape index (κ2) is 13.2. The Kier molecular flexibility index (Phi) is 9.49. The summed E-state index contributed by atoms with van der Waals surface area (Å²) in [6.45, 7) is 2.26. The first-order valence-corrected chi connectivity index (χ1v) is 15.5. The molecule has 45 heavy (non-hydrogen) atoms. The number of aliphatic imine (C=N–C) groups is 1. The maximum Gasteiger partial charge on any atom is 0.338 e. The third-order valence-corrected chi connectivity index (χ3v) is 9.19. The van der Waals surface area contributed by atoms with Crippen molar-refractivity contribution in [3.8, 4) is 0 Å². The molecule has 5 rings (SSSR count). The van der Waals surface area contributed by atoms with Crippen molar-refractivity contribution in [2.24, 2.45) is 16.8 Å². The highest BCUT2D eigenvalue weighted by Crippen LogP contribution is 2.38. The number of ether oxygens (including phenoxy) is 1. The molecule has 1 saturated heterocycles. The van der Waals surface area contributed by atoms with Crippen LogP contribution in [-0.4, -0.2) is 95.5 Å². The molecule has 242 valence electrons. The highest BCUT2D eigenvalue weighted by molar-refractivity contribution is 7.11. The molecule has 0 radical (unpaired) electrons. The molecule has 3 aliphatic rings. The Morgan fingerprint density at radius 1 is 1.29 bits per heavy atom. The van der Waals surface area contributed by atoms with Crippen LogP contribution in [0.4, 0.5) is 18.0 Å². The molecule has 0 unspecified atom stereocenters. The number of hydrogen-bond acceptors (Lipinski definition) is 9. The Morgan fingerprint density at radius 2 is 2.04 bits per heavy atom. The van der Waals surface area contributed by atoms with Crippen molar-refractivity contribution in [2.75, 3.05) is 39.8 Å². The van der Waals surface area contributed by atoms with Crippen LogP contribution in [0.3, 0.4) is 0 Å². The van der Waals surface area contributed by atoms with Gasteiger partial charge in [0.05, 0.1) is 30.6 Å². The van der Waals surface area contributed by atoms with E-state index in [1.165, 1.54) is 40.3 Å². The second-order valence-corrected chi connectivity index (χ2v) is 12.5. The highest BCUT2D eigenvalue weighted by atomic mass is 32.1. The number of thiazole rings is 1. The average molecular weight is 649 g/mol. The zero-order valence-electron chi connectivity index (χ0n) is 25.1. The van der Waals surface area contributed by atoms with Crippen molar-refractivity contribution in [2.45, 2.75) is 44.7 Å². The van der Waals surface area contributed by atoms with E-state index in [-0.39, 0.29) is 37.9 Å². The predicted molar refractivity (Wildman–Crippen MR) is 160 cm³/mol. The molecule has 1 saturated carbocycles. The van der Waals surface area contributed by atoms with E-state index in [0.717, 1.165) is 0 Å². The molecule has 2 aliphatic heterocycles. The van der Waals surface area contributed by atoms with Gasteiger partial charge in [-0.15, -0.1) is 11.3 Å². The van der Waals surface area contributed by atoms with Crippen LogP contribution in [0, 0.1) is 24.6 Å². The van der Waals surface area contributed by atoms with Gasteiger partial charge in [-0.2, -0.15) is 0 Å². The number of benzene rings is 1. The minimum Gasteiger partial charge on any atom is -0.481 e. The molecule has 15 heteroatoms. The van der Waals surface area contributed by atoms with Crippen molar-refractivity contribution < 1.29 is 37.4 Å². The maximum absolute atomic E-state index is 15.4. The lowest BCUT2D eigenvalue weighted by Crippen LogP contribution is -2.51. The van der Waals surface area contributed by atoms with Gasteiger partial charge >= 0.3 is 18.0 Å². The SMILES string of the molecule is CCOC(=O)C1=C(CN2C[C@@H](CN(C)C(=O)NC3CC(C(=O)O)C3)C(F)(F)C2)NC(c2nccs2)=N[C@H]1c1cccc(F)c1C. The Bertz CT molecular complexity index is 1510. The van der Waals surface area contributed by atoms with Gasteiger partial charge in [0.2, 0.25) is 0 Å². The number of carbonyl (C=O) groups is 3. The Labute approximate surface area is 262 Å². The number of halogens is 3. The number of amidine groups is 1. The van der Waals surface area contributed by atoms with Crippen LogP contribution < -0.4 is 10.6 Å². The smallest absolute Gasteiger partial charge is 0.338 e. The van der Waals surface area contributed by atoms with Crippen molar-refractivity contribution in [1.29, 1.82) is 0 Å². The first-order valence-electron chi connectivity index (χ1n) is 14.6. The molecule has 0 spiro atoms. The van der Waals surface area contributed by atoms with Gasteiger partial charge in [0.15, 0.2) is 10.8 Å². The van der Waals surface area contributed by atoms with Gasteiger partial charge in [0.25, 0.3) is 5.92 Å². The number of rotatable bonds is 10. The summed E-state index contributed by atoms with van der Waals surface area (Å²) in [7, 11) is 1.42. The third-order valence-electron chi connectivity index (χ3n) is 8.41. The van der Waals surface area contributed by atoms with E-state index in [0.29, 0.717) is 40.5 Å². The van der Waals surface area contributed by atoms with Crippen LogP contribution in [0.25, 0.3) is 0 Å². The quantitative estimate of drug-likeness (QED) is 0.333. The van der Waals surface area contributed by atoms with Crippen molar-refractivity contribution in [3.63, 3.8) is 0 Å².